The predicted molar refractivity (Wildman–Crippen MR) is 109 cm³/mol. The van der Waals surface area contributed by atoms with Crippen molar-refractivity contribution in [3.8, 4) is 0 Å². The largest absolute Gasteiger partial charge is 0.545 e. The molecular weight excluding hydrogens is 368 g/mol. The fraction of sp³-hybridized carbons (Fsp3) is 0.0870. The third-order valence-electron chi connectivity index (χ3n) is 4.28. The average Bonchev–Trinajstić information content (AvgIpc) is 2.67. The molecule has 146 valence electrons. The quantitative estimate of drug-likeness (QED) is 0.702. The molecule has 6 nitrogen and oxygen atoms in total. The van der Waals surface area contributed by atoms with Gasteiger partial charge in [-0.2, -0.15) is 0 Å². The van der Waals surface area contributed by atoms with Crippen LogP contribution in [0.3, 0.4) is 0 Å². The monoisotopic (exact) mass is 387 g/mol. The number of anilines is 2. The molecule has 3 aromatic rings. The van der Waals surface area contributed by atoms with Gasteiger partial charge in [-0.1, -0.05) is 24.3 Å². The molecule has 0 unspecified atom stereocenters. The van der Waals surface area contributed by atoms with Gasteiger partial charge in [0.15, 0.2) is 0 Å². The molecule has 6 heteroatoms. The maximum Gasteiger partial charge on any atom is 0.256 e. The van der Waals surface area contributed by atoms with Gasteiger partial charge in [-0.15, -0.1) is 0 Å². The first kappa shape index (κ1) is 19.8. The van der Waals surface area contributed by atoms with Gasteiger partial charge in [-0.05, 0) is 67.4 Å². The highest BCUT2D eigenvalue weighted by Crippen LogP contribution is 2.17. The second kappa shape index (κ2) is 8.39. The standard InChI is InChI=1S/C23H20N2O4/c1-14-11-15(2)13-18(12-14)25-21(26)16-7-9-17(10-8-16)24-22(27)19-5-3-4-6-20(19)23(28)29/h3-13H,1-2H3,(H,24,27)(H,25,26)(H,28,29)/p-1. The van der Waals surface area contributed by atoms with Gasteiger partial charge in [0.1, 0.15) is 0 Å². The third kappa shape index (κ3) is 4.87. The Morgan fingerprint density at radius 1 is 0.690 bits per heavy atom. The average molecular weight is 387 g/mol. The van der Waals surface area contributed by atoms with Crippen molar-refractivity contribution >= 4 is 29.2 Å². The second-order valence-electron chi connectivity index (χ2n) is 6.70. The molecular formula is C23H19N2O4-. The highest BCUT2D eigenvalue weighted by atomic mass is 16.4. The highest BCUT2D eigenvalue weighted by molar-refractivity contribution is 6.10. The fourth-order valence-corrected chi connectivity index (χ4v) is 3.01. The predicted octanol–water partition coefficient (Wildman–Crippen LogP) is 3.17. The lowest BCUT2D eigenvalue weighted by Crippen LogP contribution is -2.26. The Bertz CT molecular complexity index is 1070. The van der Waals surface area contributed by atoms with Crippen molar-refractivity contribution < 1.29 is 19.5 Å². The first-order valence-electron chi connectivity index (χ1n) is 8.95. The van der Waals surface area contributed by atoms with Crippen LogP contribution in [0.4, 0.5) is 11.4 Å². The number of carboxylic acids is 1. The summed E-state index contributed by atoms with van der Waals surface area (Å²) in [6.45, 7) is 3.91. The third-order valence-corrected chi connectivity index (χ3v) is 4.28. The van der Waals surface area contributed by atoms with Crippen molar-refractivity contribution in [1.29, 1.82) is 0 Å². The van der Waals surface area contributed by atoms with Gasteiger partial charge < -0.3 is 20.5 Å². The maximum atomic E-state index is 12.4. The summed E-state index contributed by atoms with van der Waals surface area (Å²) in [7, 11) is 0. The first-order chi connectivity index (χ1) is 13.8. The van der Waals surface area contributed by atoms with Crippen LogP contribution in [0, 0.1) is 13.8 Å². The van der Waals surface area contributed by atoms with Crippen LogP contribution in [0.15, 0.2) is 66.7 Å². The van der Waals surface area contributed by atoms with Crippen LogP contribution in [0.1, 0.15) is 42.2 Å². The van der Waals surface area contributed by atoms with Gasteiger partial charge in [-0.25, -0.2) is 0 Å². The number of amides is 2. The Labute approximate surface area is 168 Å². The number of hydrogen-bond acceptors (Lipinski definition) is 4. The van der Waals surface area contributed by atoms with Crippen molar-refractivity contribution in [3.05, 3.63) is 94.5 Å². The summed E-state index contributed by atoms with van der Waals surface area (Å²) in [6.07, 6.45) is 0. The molecule has 2 N–H and O–H groups in total. The van der Waals surface area contributed by atoms with Crippen molar-refractivity contribution in [2.24, 2.45) is 0 Å². The number of nitrogens with one attached hydrogen (secondary N) is 2. The van der Waals surface area contributed by atoms with Gasteiger partial charge >= 0.3 is 0 Å². The fourth-order valence-electron chi connectivity index (χ4n) is 3.01. The zero-order valence-corrected chi connectivity index (χ0v) is 16.0. The molecule has 0 saturated heterocycles. The minimum absolute atomic E-state index is 0.00383. The van der Waals surface area contributed by atoms with Crippen LogP contribution in [0.2, 0.25) is 0 Å². The molecule has 0 aromatic heterocycles. The Morgan fingerprint density at radius 2 is 1.24 bits per heavy atom. The molecule has 3 aromatic carbocycles. The lowest BCUT2D eigenvalue weighted by Gasteiger charge is -2.11. The molecule has 0 aliphatic rings. The Morgan fingerprint density at radius 3 is 1.83 bits per heavy atom. The summed E-state index contributed by atoms with van der Waals surface area (Å²) in [6, 6.07) is 17.9. The molecule has 0 aliphatic carbocycles. The zero-order chi connectivity index (χ0) is 21.0. The Kier molecular flexibility index (Phi) is 5.74. The molecule has 3 rings (SSSR count). The van der Waals surface area contributed by atoms with Gasteiger partial charge in [0.2, 0.25) is 0 Å². The van der Waals surface area contributed by atoms with Crippen molar-refractivity contribution in [3.63, 3.8) is 0 Å². The lowest BCUT2D eigenvalue weighted by atomic mass is 10.1. The van der Waals surface area contributed by atoms with E-state index in [0.717, 1.165) is 11.1 Å². The molecule has 0 spiro atoms. The summed E-state index contributed by atoms with van der Waals surface area (Å²) in [5.41, 5.74) is 3.50. The summed E-state index contributed by atoms with van der Waals surface area (Å²) in [5, 5.41) is 16.6. The molecule has 0 aliphatic heterocycles. The van der Waals surface area contributed by atoms with Crippen LogP contribution in [0.5, 0.6) is 0 Å². The molecule has 0 saturated carbocycles. The maximum absolute atomic E-state index is 12.4. The van der Waals surface area contributed by atoms with E-state index in [1.807, 2.05) is 32.0 Å². The number of aromatic carboxylic acids is 1. The van der Waals surface area contributed by atoms with Crippen LogP contribution in [-0.4, -0.2) is 17.8 Å². The minimum atomic E-state index is -1.42. The molecule has 0 bridgehead atoms. The number of rotatable bonds is 5. The number of aryl methyl sites for hydroxylation is 2. The molecule has 0 fully saturated rings. The van der Waals surface area contributed by atoms with E-state index in [9.17, 15) is 19.5 Å². The zero-order valence-electron chi connectivity index (χ0n) is 16.0. The normalized spacial score (nSPS) is 10.3. The summed E-state index contributed by atoms with van der Waals surface area (Å²) in [5.74, 6) is -2.26. The van der Waals surface area contributed by atoms with E-state index >= 15 is 0 Å². The van der Waals surface area contributed by atoms with Gasteiger partial charge in [0.25, 0.3) is 11.8 Å². The number of carbonyl (C=O) groups is 3. The van der Waals surface area contributed by atoms with Crippen LogP contribution >= 0.6 is 0 Å². The van der Waals surface area contributed by atoms with E-state index in [1.54, 1.807) is 30.3 Å². The number of hydrogen-bond donors (Lipinski definition) is 2. The Balaban J connectivity index is 1.71. The number of carbonyl (C=O) groups excluding carboxylic acids is 3. The van der Waals surface area contributed by atoms with E-state index < -0.39 is 11.9 Å². The van der Waals surface area contributed by atoms with Crippen LogP contribution in [-0.2, 0) is 0 Å². The molecule has 2 amide bonds. The topological polar surface area (TPSA) is 98.3 Å². The van der Waals surface area contributed by atoms with Gasteiger partial charge in [0, 0.05) is 28.1 Å². The summed E-state index contributed by atoms with van der Waals surface area (Å²) in [4.78, 5) is 36.0. The van der Waals surface area contributed by atoms with Gasteiger partial charge in [0.05, 0.1) is 5.97 Å². The minimum Gasteiger partial charge on any atom is -0.545 e. The van der Waals surface area contributed by atoms with E-state index in [2.05, 4.69) is 10.6 Å². The summed E-state index contributed by atoms with van der Waals surface area (Å²) >= 11 is 0. The van der Waals surface area contributed by atoms with E-state index in [0.29, 0.717) is 16.9 Å². The number of carboxylic acid groups (broad SMARTS) is 1. The van der Waals surface area contributed by atoms with E-state index in [-0.39, 0.29) is 17.0 Å². The first-order valence-corrected chi connectivity index (χ1v) is 8.95. The van der Waals surface area contributed by atoms with E-state index in [1.165, 1.54) is 18.2 Å². The molecule has 0 atom stereocenters. The van der Waals surface area contributed by atoms with Crippen LogP contribution < -0.4 is 15.7 Å². The number of benzene rings is 3. The second-order valence-corrected chi connectivity index (χ2v) is 6.70. The smallest absolute Gasteiger partial charge is 0.256 e. The molecule has 0 heterocycles. The Hall–Kier alpha value is -3.93. The van der Waals surface area contributed by atoms with Crippen molar-refractivity contribution in [2.45, 2.75) is 13.8 Å². The molecule has 0 radical (unpaired) electrons. The van der Waals surface area contributed by atoms with E-state index in [4.69, 9.17) is 0 Å². The van der Waals surface area contributed by atoms with Crippen molar-refractivity contribution in [1.82, 2.24) is 0 Å². The highest BCUT2D eigenvalue weighted by Gasteiger charge is 2.12. The molecule has 29 heavy (non-hydrogen) atoms. The lowest BCUT2D eigenvalue weighted by molar-refractivity contribution is -0.255. The summed E-state index contributed by atoms with van der Waals surface area (Å²) < 4.78 is 0. The van der Waals surface area contributed by atoms with Crippen LogP contribution in [0.25, 0.3) is 0 Å². The van der Waals surface area contributed by atoms with Crippen molar-refractivity contribution in [2.75, 3.05) is 10.6 Å². The van der Waals surface area contributed by atoms with Gasteiger partial charge in [-0.3, -0.25) is 9.59 Å². The SMILES string of the molecule is Cc1cc(C)cc(NC(=O)c2ccc(NC(=O)c3ccccc3C(=O)[O-])cc2)c1.